The van der Waals surface area contributed by atoms with Gasteiger partial charge in [0.05, 0.1) is 11.5 Å². The van der Waals surface area contributed by atoms with Crippen LogP contribution in [0.25, 0.3) is 0 Å². The summed E-state index contributed by atoms with van der Waals surface area (Å²) >= 11 is 0. The Kier molecular flexibility index (Phi) is 9.47. The summed E-state index contributed by atoms with van der Waals surface area (Å²) in [6.45, 7) is 4.48. The van der Waals surface area contributed by atoms with E-state index in [1.54, 1.807) is 36.7 Å². The Hall–Kier alpha value is -2.45. The number of nitrogens with zero attached hydrogens (tertiary/aromatic N) is 2. The first-order valence-corrected chi connectivity index (χ1v) is 13.7. The molecule has 0 radical (unpaired) electrons. The fourth-order valence-electron chi connectivity index (χ4n) is 4.86. The molecule has 34 heavy (non-hydrogen) atoms. The first-order valence-electron chi connectivity index (χ1n) is 12.2. The van der Waals surface area contributed by atoms with Crippen LogP contribution in [-0.2, 0) is 21.4 Å². The van der Waals surface area contributed by atoms with Crippen molar-refractivity contribution in [1.29, 1.82) is 0 Å². The van der Waals surface area contributed by atoms with E-state index < -0.39 is 22.0 Å². The topological polar surface area (TPSA) is 96.8 Å². The van der Waals surface area contributed by atoms with Gasteiger partial charge in [0.1, 0.15) is 11.8 Å². The van der Waals surface area contributed by atoms with E-state index in [1.165, 1.54) is 22.9 Å². The first-order chi connectivity index (χ1) is 16.4. The maximum atomic E-state index is 13.8. The molecule has 1 aliphatic carbocycles. The summed E-state index contributed by atoms with van der Waals surface area (Å²) < 4.78 is 34.2. The SMILES string of the molecule is CCCCC1CCC([C@H](C(=O)O)N(Cc2ccncc2)S(=O)(=O)c2ccc(OCC)cc2)CC1. The molecular formula is C26H36N2O5S. The molecule has 2 aromatic rings. The summed E-state index contributed by atoms with van der Waals surface area (Å²) in [5.74, 6) is -0.153. The van der Waals surface area contributed by atoms with Gasteiger partial charge >= 0.3 is 5.97 Å². The monoisotopic (exact) mass is 488 g/mol. The molecule has 3 rings (SSSR count). The number of benzene rings is 1. The molecule has 0 bridgehead atoms. The molecule has 1 N–H and O–H groups in total. The van der Waals surface area contributed by atoms with Crippen molar-refractivity contribution in [2.45, 2.75) is 76.3 Å². The minimum Gasteiger partial charge on any atom is -0.494 e. The largest absolute Gasteiger partial charge is 0.494 e. The lowest BCUT2D eigenvalue weighted by molar-refractivity contribution is -0.144. The normalized spacial score (nSPS) is 19.6. The van der Waals surface area contributed by atoms with E-state index in [2.05, 4.69) is 11.9 Å². The molecule has 7 nitrogen and oxygen atoms in total. The highest BCUT2D eigenvalue weighted by atomic mass is 32.2. The van der Waals surface area contributed by atoms with Crippen molar-refractivity contribution in [2.75, 3.05) is 6.61 Å². The van der Waals surface area contributed by atoms with Crippen LogP contribution in [-0.4, -0.2) is 41.4 Å². The third-order valence-electron chi connectivity index (χ3n) is 6.70. The highest BCUT2D eigenvalue weighted by molar-refractivity contribution is 7.89. The van der Waals surface area contributed by atoms with Crippen LogP contribution in [0.2, 0.25) is 0 Å². The predicted octanol–water partition coefficient (Wildman–Crippen LogP) is 5.12. The third-order valence-corrected chi connectivity index (χ3v) is 8.54. The first kappa shape index (κ1) is 26.2. The van der Waals surface area contributed by atoms with E-state index in [0.717, 1.165) is 38.5 Å². The molecule has 1 saturated carbocycles. The number of hydrogen-bond donors (Lipinski definition) is 1. The number of aliphatic carboxylic acids is 1. The Morgan fingerprint density at radius 3 is 2.29 bits per heavy atom. The Balaban J connectivity index is 1.92. The van der Waals surface area contributed by atoms with Crippen LogP contribution >= 0.6 is 0 Å². The van der Waals surface area contributed by atoms with Crippen molar-refractivity contribution in [2.24, 2.45) is 11.8 Å². The lowest BCUT2D eigenvalue weighted by Crippen LogP contribution is -2.49. The summed E-state index contributed by atoms with van der Waals surface area (Å²) in [7, 11) is -4.08. The Morgan fingerprint density at radius 2 is 1.74 bits per heavy atom. The molecule has 1 fully saturated rings. The molecule has 1 aromatic carbocycles. The highest BCUT2D eigenvalue weighted by Gasteiger charge is 2.42. The van der Waals surface area contributed by atoms with Gasteiger partial charge in [-0.2, -0.15) is 4.31 Å². The fourth-order valence-corrected chi connectivity index (χ4v) is 6.49. The minimum atomic E-state index is -4.08. The zero-order valence-corrected chi connectivity index (χ0v) is 20.9. The second-order valence-electron chi connectivity index (χ2n) is 9.02. The van der Waals surface area contributed by atoms with Crippen molar-refractivity contribution in [3.8, 4) is 5.75 Å². The summed E-state index contributed by atoms with van der Waals surface area (Å²) in [4.78, 5) is 16.6. The maximum Gasteiger partial charge on any atom is 0.322 e. The van der Waals surface area contributed by atoms with Crippen molar-refractivity contribution in [1.82, 2.24) is 9.29 Å². The Bertz CT molecular complexity index is 1000. The second kappa shape index (κ2) is 12.3. The van der Waals surface area contributed by atoms with E-state index in [9.17, 15) is 18.3 Å². The van der Waals surface area contributed by atoms with Crippen LogP contribution in [0, 0.1) is 11.8 Å². The number of unbranched alkanes of at least 4 members (excludes halogenated alkanes) is 1. The van der Waals surface area contributed by atoms with Gasteiger partial charge in [0, 0.05) is 18.9 Å². The van der Waals surface area contributed by atoms with Gasteiger partial charge in [0.15, 0.2) is 0 Å². The molecular weight excluding hydrogens is 452 g/mol. The van der Waals surface area contributed by atoms with E-state index >= 15 is 0 Å². The van der Waals surface area contributed by atoms with Gasteiger partial charge in [-0.3, -0.25) is 9.78 Å². The quantitative estimate of drug-likeness (QED) is 0.445. The van der Waals surface area contributed by atoms with Gasteiger partial charge < -0.3 is 9.84 Å². The minimum absolute atomic E-state index is 0.0230. The molecule has 1 aliphatic rings. The Morgan fingerprint density at radius 1 is 1.09 bits per heavy atom. The molecule has 0 aliphatic heterocycles. The molecule has 0 amide bonds. The molecule has 1 heterocycles. The molecule has 0 unspecified atom stereocenters. The molecule has 0 saturated heterocycles. The van der Waals surface area contributed by atoms with E-state index in [1.807, 2.05) is 6.92 Å². The van der Waals surface area contributed by atoms with Crippen molar-refractivity contribution >= 4 is 16.0 Å². The van der Waals surface area contributed by atoms with E-state index in [4.69, 9.17) is 4.74 Å². The van der Waals surface area contributed by atoms with Gasteiger partial charge in [-0.25, -0.2) is 8.42 Å². The van der Waals surface area contributed by atoms with Gasteiger partial charge in [-0.1, -0.05) is 39.0 Å². The number of hydrogen-bond acceptors (Lipinski definition) is 5. The van der Waals surface area contributed by atoms with Gasteiger partial charge in [0.25, 0.3) is 0 Å². The predicted molar refractivity (Wildman–Crippen MR) is 131 cm³/mol. The zero-order chi connectivity index (χ0) is 24.6. The van der Waals surface area contributed by atoms with Crippen LogP contribution in [0.5, 0.6) is 5.75 Å². The lowest BCUT2D eigenvalue weighted by Gasteiger charge is -2.37. The Labute approximate surface area is 203 Å². The summed E-state index contributed by atoms with van der Waals surface area (Å²) in [6, 6.07) is 8.51. The van der Waals surface area contributed by atoms with Crippen molar-refractivity contribution in [3.05, 3.63) is 54.4 Å². The van der Waals surface area contributed by atoms with E-state index in [0.29, 0.717) is 23.8 Å². The van der Waals surface area contributed by atoms with Crippen molar-refractivity contribution in [3.63, 3.8) is 0 Å². The number of sulfonamides is 1. The van der Waals surface area contributed by atoms with Crippen LogP contribution in [0.1, 0.15) is 64.4 Å². The highest BCUT2D eigenvalue weighted by Crippen LogP contribution is 2.37. The smallest absolute Gasteiger partial charge is 0.322 e. The average Bonchev–Trinajstić information content (AvgIpc) is 2.84. The van der Waals surface area contributed by atoms with E-state index in [-0.39, 0.29) is 17.4 Å². The number of carbonyl (C=O) groups is 1. The number of carboxylic acids is 1. The van der Waals surface area contributed by atoms with Gasteiger partial charge in [-0.15, -0.1) is 0 Å². The number of rotatable bonds is 12. The van der Waals surface area contributed by atoms with Crippen molar-refractivity contribution < 1.29 is 23.1 Å². The number of pyridine rings is 1. The second-order valence-corrected chi connectivity index (χ2v) is 10.9. The maximum absolute atomic E-state index is 13.8. The zero-order valence-electron chi connectivity index (χ0n) is 20.1. The fraction of sp³-hybridized carbons (Fsp3) is 0.538. The summed E-state index contributed by atoms with van der Waals surface area (Å²) in [5, 5.41) is 10.3. The summed E-state index contributed by atoms with van der Waals surface area (Å²) in [5.41, 5.74) is 0.701. The average molecular weight is 489 g/mol. The van der Waals surface area contributed by atoms with Crippen LogP contribution in [0.4, 0.5) is 0 Å². The van der Waals surface area contributed by atoms with Gasteiger partial charge in [-0.05, 0) is 73.6 Å². The molecule has 0 spiro atoms. The number of ether oxygens (including phenoxy) is 1. The van der Waals surface area contributed by atoms with Crippen LogP contribution < -0.4 is 4.74 Å². The summed E-state index contributed by atoms with van der Waals surface area (Å²) in [6.07, 6.45) is 9.99. The number of carboxylic acid groups (broad SMARTS) is 1. The molecule has 1 atom stereocenters. The molecule has 8 heteroatoms. The standard InChI is InChI=1S/C26H36N2O5S/c1-3-5-6-20-7-9-22(10-8-20)25(26(29)30)28(19-21-15-17-27-18-16-21)34(31,32)24-13-11-23(12-14-24)33-4-2/h11-18,20,22,25H,3-10,19H2,1-2H3,(H,29,30)/t20?,22?,25-/m1/s1. The third kappa shape index (κ3) is 6.57. The molecule has 1 aromatic heterocycles. The lowest BCUT2D eigenvalue weighted by atomic mass is 9.77. The molecule has 186 valence electrons. The number of aromatic nitrogens is 1. The van der Waals surface area contributed by atoms with Crippen LogP contribution in [0.3, 0.4) is 0 Å². The van der Waals surface area contributed by atoms with Crippen LogP contribution in [0.15, 0.2) is 53.7 Å². The van der Waals surface area contributed by atoms with Gasteiger partial charge in [0.2, 0.25) is 10.0 Å².